The van der Waals surface area contributed by atoms with Crippen LogP contribution in [0, 0.1) is 6.92 Å². The third-order valence-electron chi connectivity index (χ3n) is 5.48. The number of anilines is 2. The van der Waals surface area contributed by atoms with E-state index in [0.29, 0.717) is 16.3 Å². The number of ether oxygens (including phenoxy) is 1. The Morgan fingerprint density at radius 3 is 2.70 bits per heavy atom. The Bertz CT molecular complexity index is 1040. The number of fused-ring (bicyclic) bond motifs is 1. The number of benzene rings is 1. The number of thiophene rings is 1. The molecule has 4 rings (SSSR count). The number of methoxy groups -OCH3 is 1. The summed E-state index contributed by atoms with van der Waals surface area (Å²) in [5.41, 5.74) is 1.58. The highest BCUT2D eigenvalue weighted by Gasteiger charge is 2.24. The summed E-state index contributed by atoms with van der Waals surface area (Å²) in [5.74, 6) is 1.41. The molecule has 0 saturated carbocycles. The molecule has 0 bridgehead atoms. The van der Waals surface area contributed by atoms with E-state index in [1.165, 1.54) is 17.8 Å². The van der Waals surface area contributed by atoms with Crippen LogP contribution in [0.4, 0.5) is 11.5 Å². The number of hydrogen-bond acceptors (Lipinski definition) is 7. The summed E-state index contributed by atoms with van der Waals surface area (Å²) in [6, 6.07) is 7.41. The maximum Gasteiger partial charge on any atom is 0.266 e. The van der Waals surface area contributed by atoms with Gasteiger partial charge in [0, 0.05) is 26.2 Å². The summed E-state index contributed by atoms with van der Waals surface area (Å²) in [7, 11) is 1.60. The van der Waals surface area contributed by atoms with E-state index in [4.69, 9.17) is 4.74 Å². The van der Waals surface area contributed by atoms with Crippen LogP contribution in [0.3, 0.4) is 0 Å². The SMILES string of the molecule is CCCN1CCN(c2ncnc3sc(C(=O)Nc4ccccc4OC)c(C)c23)CC1. The molecule has 0 radical (unpaired) electrons. The van der Waals surface area contributed by atoms with Gasteiger partial charge in [-0.2, -0.15) is 0 Å². The highest BCUT2D eigenvalue weighted by molar-refractivity contribution is 7.20. The summed E-state index contributed by atoms with van der Waals surface area (Å²) >= 11 is 1.41. The van der Waals surface area contributed by atoms with Crippen LogP contribution in [0.2, 0.25) is 0 Å². The average Bonchev–Trinajstić information content (AvgIpc) is 3.12. The predicted molar refractivity (Wildman–Crippen MR) is 122 cm³/mol. The molecule has 8 heteroatoms. The molecule has 0 spiro atoms. The second kappa shape index (κ2) is 8.97. The lowest BCUT2D eigenvalue weighted by atomic mass is 10.1. The fourth-order valence-electron chi connectivity index (χ4n) is 3.94. The molecule has 1 aromatic carbocycles. The molecule has 1 aliphatic rings. The van der Waals surface area contributed by atoms with Gasteiger partial charge in [-0.3, -0.25) is 9.69 Å². The first-order valence-electron chi connectivity index (χ1n) is 10.3. The number of aromatic nitrogens is 2. The minimum absolute atomic E-state index is 0.154. The fraction of sp³-hybridized carbons (Fsp3) is 0.409. The second-order valence-corrected chi connectivity index (χ2v) is 8.42. The minimum atomic E-state index is -0.154. The molecule has 1 fully saturated rings. The number of nitrogens with zero attached hydrogens (tertiary/aromatic N) is 4. The second-order valence-electron chi connectivity index (χ2n) is 7.42. The lowest BCUT2D eigenvalue weighted by Crippen LogP contribution is -2.46. The van der Waals surface area contributed by atoms with Gasteiger partial charge in [0.25, 0.3) is 5.91 Å². The van der Waals surface area contributed by atoms with E-state index < -0.39 is 0 Å². The van der Waals surface area contributed by atoms with Crippen molar-refractivity contribution in [2.75, 3.05) is 50.1 Å². The summed E-state index contributed by atoms with van der Waals surface area (Å²) in [5, 5.41) is 3.96. The van der Waals surface area contributed by atoms with Crippen molar-refractivity contribution in [2.24, 2.45) is 0 Å². The standard InChI is InChI=1S/C22H27N5O2S/c1-4-9-26-10-12-27(13-11-26)20-18-15(2)19(30-22(18)24-14-23-20)21(28)25-16-7-5-6-8-17(16)29-3/h5-8,14H,4,9-13H2,1-3H3,(H,25,28). The summed E-state index contributed by atoms with van der Waals surface area (Å²) in [6.07, 6.45) is 2.78. The number of para-hydroxylation sites is 2. The zero-order valence-corrected chi connectivity index (χ0v) is 18.5. The van der Waals surface area contributed by atoms with Crippen molar-refractivity contribution in [3.8, 4) is 5.75 Å². The van der Waals surface area contributed by atoms with Crippen LogP contribution in [0.1, 0.15) is 28.6 Å². The molecule has 158 valence electrons. The molecule has 0 atom stereocenters. The van der Waals surface area contributed by atoms with Crippen molar-refractivity contribution in [2.45, 2.75) is 20.3 Å². The molecule has 1 aliphatic heterocycles. The first-order valence-corrected chi connectivity index (χ1v) is 11.1. The van der Waals surface area contributed by atoms with Gasteiger partial charge in [-0.1, -0.05) is 19.1 Å². The third-order valence-corrected chi connectivity index (χ3v) is 6.68. The van der Waals surface area contributed by atoms with Crippen molar-refractivity contribution < 1.29 is 9.53 Å². The fourth-order valence-corrected chi connectivity index (χ4v) is 4.97. The molecule has 0 aliphatic carbocycles. The Morgan fingerprint density at radius 1 is 1.20 bits per heavy atom. The van der Waals surface area contributed by atoms with Gasteiger partial charge >= 0.3 is 0 Å². The van der Waals surface area contributed by atoms with Crippen LogP contribution in [-0.2, 0) is 0 Å². The van der Waals surface area contributed by atoms with Crippen LogP contribution in [0.5, 0.6) is 5.75 Å². The first kappa shape index (κ1) is 20.6. The van der Waals surface area contributed by atoms with E-state index in [2.05, 4.69) is 32.0 Å². The Kier molecular flexibility index (Phi) is 6.15. The zero-order chi connectivity index (χ0) is 21.1. The highest BCUT2D eigenvalue weighted by atomic mass is 32.1. The van der Waals surface area contributed by atoms with E-state index in [1.807, 2.05) is 31.2 Å². The van der Waals surface area contributed by atoms with Crippen LogP contribution in [-0.4, -0.2) is 60.6 Å². The molecule has 1 N–H and O–H groups in total. The number of carbonyl (C=O) groups is 1. The van der Waals surface area contributed by atoms with Crippen LogP contribution >= 0.6 is 11.3 Å². The van der Waals surface area contributed by atoms with Crippen molar-refractivity contribution in [3.05, 3.63) is 41.0 Å². The molecular formula is C22H27N5O2S. The molecule has 3 aromatic rings. The van der Waals surface area contributed by atoms with Crippen molar-refractivity contribution in [3.63, 3.8) is 0 Å². The predicted octanol–water partition coefficient (Wildman–Crippen LogP) is 3.79. The van der Waals surface area contributed by atoms with Gasteiger partial charge in [0.2, 0.25) is 0 Å². The maximum atomic E-state index is 13.1. The first-order chi connectivity index (χ1) is 14.6. The lowest BCUT2D eigenvalue weighted by molar-refractivity contribution is 0.102. The smallest absolute Gasteiger partial charge is 0.266 e. The van der Waals surface area contributed by atoms with Gasteiger partial charge < -0.3 is 15.0 Å². The Labute approximate surface area is 180 Å². The van der Waals surface area contributed by atoms with E-state index in [1.54, 1.807) is 13.4 Å². The van der Waals surface area contributed by atoms with Gasteiger partial charge in [0.15, 0.2) is 0 Å². The van der Waals surface area contributed by atoms with Crippen molar-refractivity contribution in [1.82, 2.24) is 14.9 Å². The summed E-state index contributed by atoms with van der Waals surface area (Å²) in [4.78, 5) is 28.4. The van der Waals surface area contributed by atoms with E-state index in [-0.39, 0.29) is 5.91 Å². The number of aryl methyl sites for hydroxylation is 1. The normalized spacial score (nSPS) is 14.8. The monoisotopic (exact) mass is 425 g/mol. The molecule has 30 heavy (non-hydrogen) atoms. The largest absolute Gasteiger partial charge is 0.495 e. The number of amides is 1. The van der Waals surface area contributed by atoms with Gasteiger partial charge in [-0.15, -0.1) is 11.3 Å². The lowest BCUT2D eigenvalue weighted by Gasteiger charge is -2.35. The number of carbonyl (C=O) groups excluding carboxylic acids is 1. The van der Waals surface area contributed by atoms with E-state index >= 15 is 0 Å². The Balaban J connectivity index is 1.61. The van der Waals surface area contributed by atoms with Crippen molar-refractivity contribution in [1.29, 1.82) is 0 Å². The highest BCUT2D eigenvalue weighted by Crippen LogP contribution is 2.36. The summed E-state index contributed by atoms with van der Waals surface area (Å²) in [6.45, 7) is 9.27. The van der Waals surface area contributed by atoms with Crippen LogP contribution in [0.15, 0.2) is 30.6 Å². The van der Waals surface area contributed by atoms with Gasteiger partial charge in [0.05, 0.1) is 23.1 Å². The van der Waals surface area contributed by atoms with Crippen molar-refractivity contribution >= 4 is 39.0 Å². The average molecular weight is 426 g/mol. The Hall–Kier alpha value is -2.71. The quantitative estimate of drug-likeness (QED) is 0.648. The van der Waals surface area contributed by atoms with E-state index in [0.717, 1.165) is 54.3 Å². The number of nitrogens with one attached hydrogen (secondary N) is 1. The van der Waals surface area contributed by atoms with Gasteiger partial charge in [-0.25, -0.2) is 9.97 Å². The molecule has 0 unspecified atom stereocenters. The van der Waals surface area contributed by atoms with Crippen LogP contribution < -0.4 is 15.0 Å². The molecule has 3 heterocycles. The molecule has 2 aromatic heterocycles. The van der Waals surface area contributed by atoms with E-state index in [9.17, 15) is 4.79 Å². The molecule has 1 amide bonds. The zero-order valence-electron chi connectivity index (χ0n) is 17.6. The number of rotatable bonds is 6. The third kappa shape index (κ3) is 3.97. The summed E-state index contributed by atoms with van der Waals surface area (Å²) < 4.78 is 5.35. The van der Waals surface area contributed by atoms with Gasteiger partial charge in [0.1, 0.15) is 22.7 Å². The van der Waals surface area contributed by atoms with Gasteiger partial charge in [-0.05, 0) is 37.6 Å². The number of piperazine rings is 1. The maximum absolute atomic E-state index is 13.1. The van der Waals surface area contributed by atoms with Crippen LogP contribution in [0.25, 0.3) is 10.2 Å². The molecular weight excluding hydrogens is 398 g/mol. The molecule has 7 nitrogen and oxygen atoms in total. The topological polar surface area (TPSA) is 70.6 Å². The number of hydrogen-bond donors (Lipinski definition) is 1. The molecule has 1 saturated heterocycles. The Morgan fingerprint density at radius 2 is 1.97 bits per heavy atom. The minimum Gasteiger partial charge on any atom is -0.495 e.